The molecule has 1 N–H and O–H groups in total. The summed E-state index contributed by atoms with van der Waals surface area (Å²) in [5.41, 5.74) is 0.600. The van der Waals surface area contributed by atoms with E-state index in [-0.39, 0.29) is 23.3 Å². The van der Waals surface area contributed by atoms with Gasteiger partial charge in [-0.25, -0.2) is 8.42 Å². The SMILES string of the molecule is CC(C)C1CCCN1S(=O)(=O)c1ccc(CC(=O)O)cc1. The molecule has 1 saturated heterocycles. The molecule has 0 amide bonds. The molecule has 1 fully saturated rings. The topological polar surface area (TPSA) is 74.7 Å². The van der Waals surface area contributed by atoms with Crippen molar-refractivity contribution in [2.75, 3.05) is 6.54 Å². The molecule has 1 aromatic carbocycles. The van der Waals surface area contributed by atoms with Gasteiger partial charge in [-0.2, -0.15) is 4.31 Å². The highest BCUT2D eigenvalue weighted by Crippen LogP contribution is 2.30. The van der Waals surface area contributed by atoms with Crippen molar-refractivity contribution in [3.05, 3.63) is 29.8 Å². The van der Waals surface area contributed by atoms with Crippen LogP contribution in [0.25, 0.3) is 0 Å². The number of hydrogen-bond donors (Lipinski definition) is 1. The van der Waals surface area contributed by atoms with E-state index in [9.17, 15) is 13.2 Å². The van der Waals surface area contributed by atoms with Crippen LogP contribution in [0.1, 0.15) is 32.3 Å². The molecular formula is C15H21NO4S. The Kier molecular flexibility index (Phi) is 4.68. The summed E-state index contributed by atoms with van der Waals surface area (Å²) >= 11 is 0. The van der Waals surface area contributed by atoms with Gasteiger partial charge < -0.3 is 5.11 Å². The molecule has 0 bridgehead atoms. The zero-order chi connectivity index (χ0) is 15.6. The number of benzene rings is 1. The zero-order valence-corrected chi connectivity index (χ0v) is 13.1. The van der Waals surface area contributed by atoms with Gasteiger partial charge in [-0.3, -0.25) is 4.79 Å². The lowest BCUT2D eigenvalue weighted by Gasteiger charge is -2.26. The van der Waals surface area contributed by atoms with E-state index < -0.39 is 16.0 Å². The van der Waals surface area contributed by atoms with E-state index in [1.54, 1.807) is 16.4 Å². The molecule has 2 rings (SSSR count). The first-order valence-electron chi connectivity index (χ1n) is 7.15. The molecular weight excluding hydrogens is 290 g/mol. The maximum atomic E-state index is 12.7. The molecule has 1 aromatic rings. The highest BCUT2D eigenvalue weighted by molar-refractivity contribution is 7.89. The maximum Gasteiger partial charge on any atom is 0.307 e. The van der Waals surface area contributed by atoms with E-state index in [1.165, 1.54) is 12.1 Å². The molecule has 1 aliphatic rings. The summed E-state index contributed by atoms with van der Waals surface area (Å²) in [5.74, 6) is -0.640. The number of carbonyl (C=O) groups is 1. The van der Waals surface area contributed by atoms with Crippen LogP contribution in [-0.4, -0.2) is 36.4 Å². The predicted molar refractivity (Wildman–Crippen MR) is 79.5 cm³/mol. The van der Waals surface area contributed by atoms with E-state index in [4.69, 9.17) is 5.11 Å². The average molecular weight is 311 g/mol. The summed E-state index contributed by atoms with van der Waals surface area (Å²) < 4.78 is 27.0. The van der Waals surface area contributed by atoms with Crippen molar-refractivity contribution >= 4 is 16.0 Å². The third-order valence-electron chi connectivity index (χ3n) is 3.90. The van der Waals surface area contributed by atoms with E-state index in [2.05, 4.69) is 0 Å². The van der Waals surface area contributed by atoms with Gasteiger partial charge in [0.1, 0.15) is 0 Å². The molecule has 0 aromatic heterocycles. The minimum Gasteiger partial charge on any atom is -0.481 e. The van der Waals surface area contributed by atoms with Crippen LogP contribution in [0.15, 0.2) is 29.2 Å². The Morgan fingerprint density at radius 2 is 1.95 bits per heavy atom. The Hall–Kier alpha value is -1.40. The second-order valence-corrected chi connectivity index (χ2v) is 7.67. The minimum atomic E-state index is -3.49. The lowest BCUT2D eigenvalue weighted by atomic mass is 10.0. The van der Waals surface area contributed by atoms with Crippen LogP contribution >= 0.6 is 0 Å². The second-order valence-electron chi connectivity index (χ2n) is 5.78. The first kappa shape index (κ1) is 16.0. The first-order valence-corrected chi connectivity index (χ1v) is 8.59. The summed E-state index contributed by atoms with van der Waals surface area (Å²) in [4.78, 5) is 10.9. The smallest absolute Gasteiger partial charge is 0.307 e. The van der Waals surface area contributed by atoms with Crippen LogP contribution in [0, 0.1) is 5.92 Å². The number of carboxylic acid groups (broad SMARTS) is 1. The van der Waals surface area contributed by atoms with Gasteiger partial charge in [-0.05, 0) is 36.5 Å². The zero-order valence-electron chi connectivity index (χ0n) is 12.3. The normalized spacial score (nSPS) is 20.0. The minimum absolute atomic E-state index is 0.0497. The molecule has 21 heavy (non-hydrogen) atoms. The van der Waals surface area contributed by atoms with Gasteiger partial charge >= 0.3 is 5.97 Å². The van der Waals surface area contributed by atoms with Crippen LogP contribution in [0.5, 0.6) is 0 Å². The van der Waals surface area contributed by atoms with Crippen LogP contribution in [0.4, 0.5) is 0 Å². The van der Waals surface area contributed by atoms with Gasteiger partial charge in [-0.1, -0.05) is 26.0 Å². The highest BCUT2D eigenvalue weighted by Gasteiger charge is 2.36. The molecule has 0 aliphatic carbocycles. The number of aliphatic carboxylic acids is 1. The van der Waals surface area contributed by atoms with Gasteiger partial charge in [0.25, 0.3) is 0 Å². The summed E-state index contributed by atoms with van der Waals surface area (Å²) in [6.45, 7) is 4.63. The third kappa shape index (κ3) is 3.44. The number of sulfonamides is 1. The third-order valence-corrected chi connectivity index (χ3v) is 5.84. The Morgan fingerprint density at radius 1 is 1.33 bits per heavy atom. The Balaban J connectivity index is 2.25. The number of carboxylic acids is 1. The fourth-order valence-corrected chi connectivity index (χ4v) is 4.65. The molecule has 0 spiro atoms. The average Bonchev–Trinajstić information content (AvgIpc) is 2.88. The van der Waals surface area contributed by atoms with Gasteiger partial charge in [0.05, 0.1) is 11.3 Å². The molecule has 1 aliphatic heterocycles. The number of nitrogens with zero attached hydrogens (tertiary/aromatic N) is 1. The first-order chi connectivity index (χ1) is 9.82. The molecule has 116 valence electrons. The van der Waals surface area contributed by atoms with Crippen LogP contribution in [0.3, 0.4) is 0 Å². The van der Waals surface area contributed by atoms with Crippen LogP contribution < -0.4 is 0 Å². The fraction of sp³-hybridized carbons (Fsp3) is 0.533. The maximum absolute atomic E-state index is 12.7. The second kappa shape index (κ2) is 6.15. The van der Waals surface area contributed by atoms with Crippen LogP contribution in [0.2, 0.25) is 0 Å². The van der Waals surface area contributed by atoms with E-state index in [0.29, 0.717) is 12.1 Å². The van der Waals surface area contributed by atoms with Crippen molar-refractivity contribution in [1.29, 1.82) is 0 Å². The molecule has 1 unspecified atom stereocenters. The Morgan fingerprint density at radius 3 is 2.48 bits per heavy atom. The number of hydrogen-bond acceptors (Lipinski definition) is 3. The van der Waals surface area contributed by atoms with Gasteiger partial charge in [0.2, 0.25) is 10.0 Å². The van der Waals surface area contributed by atoms with Gasteiger partial charge in [0, 0.05) is 12.6 Å². The largest absolute Gasteiger partial charge is 0.481 e. The van der Waals surface area contributed by atoms with E-state index in [0.717, 1.165) is 12.8 Å². The number of rotatable bonds is 5. The quantitative estimate of drug-likeness (QED) is 0.904. The van der Waals surface area contributed by atoms with Crippen molar-refractivity contribution in [1.82, 2.24) is 4.31 Å². The summed E-state index contributed by atoms with van der Waals surface area (Å²) in [6, 6.07) is 6.20. The summed E-state index contributed by atoms with van der Waals surface area (Å²) in [6.07, 6.45) is 1.69. The summed E-state index contributed by atoms with van der Waals surface area (Å²) in [7, 11) is -3.49. The molecule has 6 heteroatoms. The molecule has 1 heterocycles. The van der Waals surface area contributed by atoms with Crippen molar-refractivity contribution in [3.8, 4) is 0 Å². The standard InChI is InChI=1S/C15H21NO4S/c1-11(2)14-4-3-9-16(14)21(19,20)13-7-5-12(6-8-13)10-15(17)18/h5-8,11,14H,3-4,9-10H2,1-2H3,(H,17,18). The summed E-state index contributed by atoms with van der Waals surface area (Å²) in [5, 5.41) is 8.74. The lowest BCUT2D eigenvalue weighted by molar-refractivity contribution is -0.136. The fourth-order valence-electron chi connectivity index (χ4n) is 2.82. The monoisotopic (exact) mass is 311 g/mol. The van der Waals surface area contributed by atoms with Crippen molar-refractivity contribution in [2.24, 2.45) is 5.92 Å². The van der Waals surface area contributed by atoms with Crippen molar-refractivity contribution in [3.63, 3.8) is 0 Å². The highest BCUT2D eigenvalue weighted by atomic mass is 32.2. The Bertz CT molecular complexity index is 607. The van der Waals surface area contributed by atoms with Crippen LogP contribution in [-0.2, 0) is 21.2 Å². The molecule has 0 radical (unpaired) electrons. The molecule has 1 atom stereocenters. The molecule has 5 nitrogen and oxygen atoms in total. The van der Waals surface area contributed by atoms with Crippen molar-refractivity contribution in [2.45, 2.75) is 44.0 Å². The van der Waals surface area contributed by atoms with Gasteiger partial charge in [-0.15, -0.1) is 0 Å². The lowest BCUT2D eigenvalue weighted by Crippen LogP contribution is -2.38. The van der Waals surface area contributed by atoms with Crippen molar-refractivity contribution < 1.29 is 18.3 Å². The van der Waals surface area contributed by atoms with E-state index >= 15 is 0 Å². The Labute approximate surface area is 125 Å². The van der Waals surface area contributed by atoms with E-state index in [1.807, 2.05) is 13.8 Å². The van der Waals surface area contributed by atoms with Gasteiger partial charge in [0.15, 0.2) is 0 Å². The predicted octanol–water partition coefficient (Wildman–Crippen LogP) is 2.12. The molecule has 0 saturated carbocycles.